The monoisotopic (exact) mass is 318 g/mol. The van der Waals surface area contributed by atoms with E-state index in [2.05, 4.69) is 6.92 Å². The van der Waals surface area contributed by atoms with Crippen LogP contribution in [0.2, 0.25) is 0 Å². The number of halogens is 3. The van der Waals surface area contributed by atoms with Gasteiger partial charge >= 0.3 is 12.1 Å². The van der Waals surface area contributed by atoms with Gasteiger partial charge in [-0.3, -0.25) is 0 Å². The van der Waals surface area contributed by atoms with Crippen LogP contribution in [0.15, 0.2) is 18.2 Å². The summed E-state index contributed by atoms with van der Waals surface area (Å²) in [6, 6.07) is 2.81. The third-order valence-electron chi connectivity index (χ3n) is 3.32. The van der Waals surface area contributed by atoms with Gasteiger partial charge in [0.05, 0.1) is 17.2 Å². The van der Waals surface area contributed by atoms with Gasteiger partial charge in [0.1, 0.15) is 5.75 Å². The molecule has 0 heterocycles. The van der Waals surface area contributed by atoms with Gasteiger partial charge in [0.2, 0.25) is 0 Å². The molecule has 1 aromatic carbocycles. The van der Waals surface area contributed by atoms with Gasteiger partial charge in [-0.1, -0.05) is 26.2 Å². The molecule has 0 unspecified atom stereocenters. The number of carboxylic acids is 1. The average molecular weight is 318 g/mol. The van der Waals surface area contributed by atoms with E-state index in [-0.39, 0.29) is 11.9 Å². The molecule has 124 valence electrons. The summed E-state index contributed by atoms with van der Waals surface area (Å²) in [5, 5.41) is 8.81. The van der Waals surface area contributed by atoms with Crippen LogP contribution in [0.5, 0.6) is 5.75 Å². The van der Waals surface area contributed by atoms with Crippen LogP contribution in [0, 0.1) is 0 Å². The second kappa shape index (κ2) is 8.06. The lowest BCUT2D eigenvalue weighted by Crippen LogP contribution is -2.16. The molecule has 1 atom stereocenters. The highest BCUT2D eigenvalue weighted by molar-refractivity contribution is 5.88. The van der Waals surface area contributed by atoms with Gasteiger partial charge in [0.25, 0.3) is 0 Å². The molecule has 0 saturated carbocycles. The molecule has 0 bridgehead atoms. The minimum atomic E-state index is -4.65. The van der Waals surface area contributed by atoms with Crippen molar-refractivity contribution in [2.24, 2.45) is 0 Å². The highest BCUT2D eigenvalue weighted by Crippen LogP contribution is 2.37. The van der Waals surface area contributed by atoms with Crippen LogP contribution in [-0.4, -0.2) is 17.2 Å². The fourth-order valence-electron chi connectivity index (χ4n) is 2.12. The summed E-state index contributed by atoms with van der Waals surface area (Å²) in [6.07, 6.45) is -0.245. The molecular weight excluding hydrogens is 297 g/mol. The minimum Gasteiger partial charge on any atom is -0.490 e. The number of benzene rings is 1. The zero-order chi connectivity index (χ0) is 16.8. The van der Waals surface area contributed by atoms with Crippen molar-refractivity contribution in [3.8, 4) is 5.75 Å². The second-order valence-electron chi connectivity index (χ2n) is 5.29. The Bertz CT molecular complexity index is 498. The number of hydrogen-bond acceptors (Lipinski definition) is 2. The summed E-state index contributed by atoms with van der Waals surface area (Å²) in [5.41, 5.74) is -1.46. The van der Waals surface area contributed by atoms with Crippen LogP contribution in [0.4, 0.5) is 13.2 Å². The molecule has 1 rings (SSSR count). The van der Waals surface area contributed by atoms with E-state index in [9.17, 15) is 18.0 Å². The lowest BCUT2D eigenvalue weighted by atomic mass is 10.1. The number of carboxylic acid groups (broad SMARTS) is 1. The lowest BCUT2D eigenvalue weighted by Gasteiger charge is -2.19. The maximum absolute atomic E-state index is 13.0. The van der Waals surface area contributed by atoms with Crippen molar-refractivity contribution in [2.45, 2.75) is 58.2 Å². The number of unbranched alkanes of at least 4 members (excludes halogenated alkanes) is 3. The van der Waals surface area contributed by atoms with E-state index < -0.39 is 23.3 Å². The Balaban J connectivity index is 2.83. The van der Waals surface area contributed by atoms with Crippen molar-refractivity contribution in [1.82, 2.24) is 0 Å². The Morgan fingerprint density at radius 1 is 1.27 bits per heavy atom. The molecule has 1 aromatic rings. The molecule has 0 aliphatic heterocycles. The van der Waals surface area contributed by atoms with E-state index in [1.54, 1.807) is 6.92 Å². The summed E-state index contributed by atoms with van der Waals surface area (Å²) in [7, 11) is 0. The highest BCUT2D eigenvalue weighted by atomic mass is 19.4. The van der Waals surface area contributed by atoms with Gasteiger partial charge < -0.3 is 9.84 Å². The molecule has 3 nitrogen and oxygen atoms in total. The Morgan fingerprint density at radius 3 is 2.50 bits per heavy atom. The van der Waals surface area contributed by atoms with E-state index in [0.717, 1.165) is 37.8 Å². The summed E-state index contributed by atoms with van der Waals surface area (Å²) in [5.74, 6) is -1.72. The van der Waals surface area contributed by atoms with Crippen molar-refractivity contribution in [3.05, 3.63) is 29.3 Å². The topological polar surface area (TPSA) is 46.5 Å². The summed E-state index contributed by atoms with van der Waals surface area (Å²) in [6.45, 7) is 3.80. The summed E-state index contributed by atoms with van der Waals surface area (Å²) < 4.78 is 44.4. The SMILES string of the molecule is CCCCCC[C@@H](C)Oc1ccc(C(=O)O)cc1C(F)(F)F. The Morgan fingerprint density at radius 2 is 1.95 bits per heavy atom. The molecule has 0 aliphatic rings. The first-order valence-corrected chi connectivity index (χ1v) is 7.37. The van der Waals surface area contributed by atoms with E-state index in [1.807, 2.05) is 0 Å². The van der Waals surface area contributed by atoms with E-state index in [0.29, 0.717) is 12.5 Å². The third-order valence-corrected chi connectivity index (χ3v) is 3.32. The van der Waals surface area contributed by atoms with Crippen molar-refractivity contribution in [2.75, 3.05) is 0 Å². The molecule has 0 fully saturated rings. The zero-order valence-corrected chi connectivity index (χ0v) is 12.7. The van der Waals surface area contributed by atoms with E-state index >= 15 is 0 Å². The Hall–Kier alpha value is -1.72. The first-order chi connectivity index (χ1) is 10.3. The van der Waals surface area contributed by atoms with Crippen LogP contribution >= 0.6 is 0 Å². The number of hydrogen-bond donors (Lipinski definition) is 1. The smallest absolute Gasteiger partial charge is 0.419 e. The van der Waals surface area contributed by atoms with Gasteiger partial charge in [-0.25, -0.2) is 4.79 Å². The zero-order valence-electron chi connectivity index (χ0n) is 12.7. The maximum Gasteiger partial charge on any atom is 0.419 e. The van der Waals surface area contributed by atoms with Crippen LogP contribution in [-0.2, 0) is 6.18 Å². The fourth-order valence-corrected chi connectivity index (χ4v) is 2.12. The van der Waals surface area contributed by atoms with Crippen molar-refractivity contribution < 1.29 is 27.8 Å². The Labute approximate surface area is 128 Å². The van der Waals surface area contributed by atoms with Gasteiger partial charge in [-0.15, -0.1) is 0 Å². The van der Waals surface area contributed by atoms with Gasteiger partial charge in [0, 0.05) is 0 Å². The molecule has 0 saturated heterocycles. The Kier molecular flexibility index (Phi) is 6.71. The molecule has 1 N–H and O–H groups in total. The maximum atomic E-state index is 13.0. The standard InChI is InChI=1S/C16H21F3O3/c1-3-4-5-6-7-11(2)22-14-9-8-12(15(20)21)10-13(14)16(17,18)19/h8-11H,3-7H2,1-2H3,(H,20,21)/t11-/m1/s1. The van der Waals surface area contributed by atoms with Crippen LogP contribution in [0.25, 0.3) is 0 Å². The van der Waals surface area contributed by atoms with Crippen LogP contribution in [0.1, 0.15) is 61.9 Å². The number of rotatable bonds is 8. The molecule has 22 heavy (non-hydrogen) atoms. The highest BCUT2D eigenvalue weighted by Gasteiger charge is 2.35. The third kappa shape index (κ3) is 5.58. The fraction of sp³-hybridized carbons (Fsp3) is 0.562. The summed E-state index contributed by atoms with van der Waals surface area (Å²) in [4.78, 5) is 10.8. The molecule has 0 spiro atoms. The largest absolute Gasteiger partial charge is 0.490 e. The van der Waals surface area contributed by atoms with Gasteiger partial charge in [-0.05, 0) is 38.0 Å². The first-order valence-electron chi connectivity index (χ1n) is 7.37. The number of alkyl halides is 3. The molecule has 0 aromatic heterocycles. The van der Waals surface area contributed by atoms with E-state index in [1.165, 1.54) is 0 Å². The van der Waals surface area contributed by atoms with Crippen LogP contribution in [0.3, 0.4) is 0 Å². The quantitative estimate of drug-likeness (QED) is 0.675. The lowest BCUT2D eigenvalue weighted by molar-refractivity contribution is -0.139. The second-order valence-corrected chi connectivity index (χ2v) is 5.29. The number of aromatic carboxylic acids is 1. The van der Waals surface area contributed by atoms with E-state index in [4.69, 9.17) is 9.84 Å². The summed E-state index contributed by atoms with van der Waals surface area (Å²) >= 11 is 0. The first kappa shape index (κ1) is 18.3. The van der Waals surface area contributed by atoms with Crippen molar-refractivity contribution in [3.63, 3.8) is 0 Å². The minimum absolute atomic E-state index is 0.319. The molecular formula is C16H21F3O3. The van der Waals surface area contributed by atoms with Gasteiger partial charge in [-0.2, -0.15) is 13.2 Å². The van der Waals surface area contributed by atoms with Crippen LogP contribution < -0.4 is 4.74 Å². The molecule has 0 radical (unpaired) electrons. The van der Waals surface area contributed by atoms with Crippen molar-refractivity contribution in [1.29, 1.82) is 0 Å². The predicted molar refractivity (Wildman–Crippen MR) is 77.3 cm³/mol. The number of carbonyl (C=O) groups is 1. The average Bonchev–Trinajstić information content (AvgIpc) is 2.42. The molecule has 0 aliphatic carbocycles. The molecule has 0 amide bonds. The molecule has 6 heteroatoms. The van der Waals surface area contributed by atoms with Gasteiger partial charge in [0.15, 0.2) is 0 Å². The predicted octanol–water partition coefficient (Wildman–Crippen LogP) is 5.14. The number of ether oxygens (including phenoxy) is 1. The normalized spacial score (nSPS) is 13.0. The van der Waals surface area contributed by atoms with Crippen molar-refractivity contribution >= 4 is 5.97 Å².